The highest BCUT2D eigenvalue weighted by molar-refractivity contribution is 5.77. The molecule has 0 aliphatic heterocycles. The van der Waals surface area contributed by atoms with Crippen LogP contribution in [0.25, 0.3) is 16.9 Å². The number of ether oxygens (including phenoxy) is 1. The maximum atomic E-state index is 12.1. The van der Waals surface area contributed by atoms with Gasteiger partial charge in [-0.25, -0.2) is 4.68 Å². The summed E-state index contributed by atoms with van der Waals surface area (Å²) < 4.78 is 7.17. The van der Waals surface area contributed by atoms with Crippen molar-refractivity contribution < 1.29 is 14.4 Å². The number of hydrogen-bond donors (Lipinski definition) is 2. The van der Waals surface area contributed by atoms with Gasteiger partial charge in [0.2, 0.25) is 0 Å². The first-order valence-corrected chi connectivity index (χ1v) is 9.85. The van der Waals surface area contributed by atoms with Crippen LogP contribution in [0.2, 0.25) is 0 Å². The predicted molar refractivity (Wildman–Crippen MR) is 114 cm³/mol. The predicted octanol–water partition coefficient (Wildman–Crippen LogP) is 2.09. The third-order valence-corrected chi connectivity index (χ3v) is 4.58. The van der Waals surface area contributed by atoms with Gasteiger partial charge in [-0.15, -0.1) is 0 Å². The summed E-state index contributed by atoms with van der Waals surface area (Å²) in [5.41, 5.74) is 4.03. The van der Waals surface area contributed by atoms with E-state index in [1.165, 1.54) is 0 Å². The van der Waals surface area contributed by atoms with Crippen LogP contribution in [0, 0.1) is 0 Å². The number of carbonyl (C=O) groups is 1. The van der Waals surface area contributed by atoms with Gasteiger partial charge >= 0.3 is 0 Å². The monoisotopic (exact) mass is 393 g/mol. The quantitative estimate of drug-likeness (QED) is 0.616. The fourth-order valence-corrected chi connectivity index (χ4v) is 3.28. The zero-order valence-corrected chi connectivity index (χ0v) is 17.5. The smallest absolute Gasteiger partial charge is 0.275 e. The summed E-state index contributed by atoms with van der Waals surface area (Å²) in [5, 5.41) is 7.80. The number of nitrogens with zero attached hydrogens (tertiary/aromatic N) is 2. The molecule has 0 bridgehead atoms. The van der Waals surface area contributed by atoms with E-state index in [2.05, 4.69) is 11.5 Å². The number of nitrogens with one attached hydrogen (secondary N) is 2. The van der Waals surface area contributed by atoms with Gasteiger partial charge in [0.05, 0.1) is 25.4 Å². The number of rotatable bonds is 8. The number of carbonyl (C=O) groups excluding carboxylic acids is 1. The van der Waals surface area contributed by atoms with Crippen molar-refractivity contribution in [2.45, 2.75) is 26.4 Å². The second-order valence-corrected chi connectivity index (χ2v) is 7.54. The van der Waals surface area contributed by atoms with Gasteiger partial charge in [0.1, 0.15) is 18.0 Å². The first-order valence-electron chi connectivity index (χ1n) is 9.85. The Morgan fingerprint density at radius 1 is 1.14 bits per heavy atom. The largest absolute Gasteiger partial charge is 0.497 e. The van der Waals surface area contributed by atoms with Gasteiger partial charge in [-0.2, -0.15) is 5.10 Å². The number of likely N-dealkylation sites (N-methyl/N-ethyl adjacent to an activating group) is 1. The first-order chi connectivity index (χ1) is 14.0. The normalized spacial score (nSPS) is 12.0. The van der Waals surface area contributed by atoms with Gasteiger partial charge in [-0.05, 0) is 50.2 Å². The number of quaternary nitrogens is 1. The van der Waals surface area contributed by atoms with Crippen molar-refractivity contribution in [1.82, 2.24) is 15.1 Å². The molecule has 1 aromatic heterocycles. The number of amides is 1. The Balaban J connectivity index is 1.89. The summed E-state index contributed by atoms with van der Waals surface area (Å²) in [6, 6.07) is 18.1. The maximum Gasteiger partial charge on any atom is 0.275 e. The molecule has 6 nitrogen and oxygen atoms in total. The van der Waals surface area contributed by atoms with Gasteiger partial charge < -0.3 is 15.0 Å². The summed E-state index contributed by atoms with van der Waals surface area (Å²) >= 11 is 0. The van der Waals surface area contributed by atoms with Gasteiger partial charge in [0.15, 0.2) is 6.54 Å². The van der Waals surface area contributed by atoms with Gasteiger partial charge in [0, 0.05) is 17.8 Å². The molecule has 1 heterocycles. The van der Waals surface area contributed by atoms with Crippen LogP contribution in [0.15, 0.2) is 60.8 Å². The molecule has 29 heavy (non-hydrogen) atoms. The third-order valence-electron chi connectivity index (χ3n) is 4.58. The number of methoxy groups -OCH3 is 1. The molecule has 1 amide bonds. The van der Waals surface area contributed by atoms with Crippen LogP contribution in [-0.2, 0) is 11.3 Å². The van der Waals surface area contributed by atoms with Gasteiger partial charge in [-0.3, -0.25) is 4.79 Å². The van der Waals surface area contributed by atoms with Crippen molar-refractivity contribution in [3.05, 3.63) is 66.4 Å². The van der Waals surface area contributed by atoms with E-state index in [-0.39, 0.29) is 11.9 Å². The van der Waals surface area contributed by atoms with Crippen LogP contribution in [0.3, 0.4) is 0 Å². The van der Waals surface area contributed by atoms with Crippen LogP contribution in [0.4, 0.5) is 0 Å². The number of aromatic nitrogens is 2. The highest BCUT2D eigenvalue weighted by Crippen LogP contribution is 2.25. The Bertz CT molecular complexity index is 933. The Kier molecular flexibility index (Phi) is 6.67. The molecule has 3 rings (SSSR count). The van der Waals surface area contributed by atoms with E-state index in [0.717, 1.165) is 33.2 Å². The van der Waals surface area contributed by atoms with Crippen LogP contribution in [0.1, 0.15) is 19.4 Å². The summed E-state index contributed by atoms with van der Waals surface area (Å²) in [7, 11) is 3.68. The molecule has 152 valence electrons. The second kappa shape index (κ2) is 9.39. The third kappa shape index (κ3) is 5.45. The number of hydrogen-bond acceptors (Lipinski definition) is 3. The van der Waals surface area contributed by atoms with E-state index in [1.54, 1.807) is 7.11 Å². The molecule has 0 aliphatic rings. The summed E-state index contributed by atoms with van der Waals surface area (Å²) in [4.78, 5) is 13.2. The Hall–Kier alpha value is -3.12. The highest BCUT2D eigenvalue weighted by Gasteiger charge is 2.18. The van der Waals surface area contributed by atoms with E-state index in [1.807, 2.05) is 80.2 Å². The highest BCUT2D eigenvalue weighted by atomic mass is 16.5. The van der Waals surface area contributed by atoms with Gasteiger partial charge in [0.25, 0.3) is 5.91 Å². The van der Waals surface area contributed by atoms with Crippen LogP contribution >= 0.6 is 0 Å². The molecular weight excluding hydrogens is 364 g/mol. The summed E-state index contributed by atoms with van der Waals surface area (Å²) in [6.07, 6.45) is 2.05. The lowest BCUT2D eigenvalue weighted by Crippen LogP contribution is -3.09. The van der Waals surface area contributed by atoms with E-state index < -0.39 is 0 Å². The van der Waals surface area contributed by atoms with Crippen LogP contribution in [-0.4, -0.2) is 42.4 Å². The first kappa shape index (κ1) is 20.6. The topological polar surface area (TPSA) is 60.6 Å². The lowest BCUT2D eigenvalue weighted by molar-refractivity contribution is -0.885. The van der Waals surface area contributed by atoms with Crippen molar-refractivity contribution >= 4 is 5.91 Å². The minimum absolute atomic E-state index is 0.0546. The maximum absolute atomic E-state index is 12.1. The average Bonchev–Trinajstić information content (AvgIpc) is 3.11. The lowest BCUT2D eigenvalue weighted by Gasteiger charge is -2.15. The molecule has 3 aromatic rings. The molecule has 6 heteroatoms. The summed E-state index contributed by atoms with van der Waals surface area (Å²) in [5.74, 6) is 0.866. The van der Waals surface area contributed by atoms with E-state index in [4.69, 9.17) is 9.84 Å². The SMILES string of the molecule is COc1ccc(-c2nn(-c3ccccc3)cc2C[NH+](C)CC(=O)NC(C)C)cc1. The second-order valence-electron chi connectivity index (χ2n) is 7.54. The molecule has 0 saturated carbocycles. The van der Waals surface area contributed by atoms with E-state index >= 15 is 0 Å². The molecule has 0 saturated heterocycles. The Morgan fingerprint density at radius 2 is 1.83 bits per heavy atom. The summed E-state index contributed by atoms with van der Waals surface area (Å²) in [6.45, 7) is 5.05. The minimum atomic E-state index is 0.0546. The molecule has 0 aliphatic carbocycles. The van der Waals surface area contributed by atoms with Crippen molar-refractivity contribution in [1.29, 1.82) is 0 Å². The van der Waals surface area contributed by atoms with Gasteiger partial charge in [-0.1, -0.05) is 18.2 Å². The number of para-hydroxylation sites is 1. The standard InChI is InChI=1S/C23H28N4O2/c1-17(2)24-22(28)16-26(3)14-19-15-27(20-8-6-5-7-9-20)25-23(19)18-10-12-21(29-4)13-11-18/h5-13,15,17H,14,16H2,1-4H3,(H,24,28)/p+1. The molecule has 2 N–H and O–H groups in total. The lowest BCUT2D eigenvalue weighted by atomic mass is 10.1. The fraction of sp³-hybridized carbons (Fsp3) is 0.304. The van der Waals surface area contributed by atoms with Crippen LogP contribution in [0.5, 0.6) is 5.75 Å². The average molecular weight is 394 g/mol. The molecule has 0 spiro atoms. The molecule has 1 unspecified atom stereocenters. The van der Waals surface area contributed by atoms with E-state index in [9.17, 15) is 4.79 Å². The minimum Gasteiger partial charge on any atom is -0.497 e. The van der Waals surface area contributed by atoms with Crippen molar-refractivity contribution in [2.75, 3.05) is 20.7 Å². The van der Waals surface area contributed by atoms with Crippen molar-refractivity contribution in [3.8, 4) is 22.7 Å². The molecule has 0 radical (unpaired) electrons. The Labute approximate surface area is 172 Å². The van der Waals surface area contributed by atoms with E-state index in [0.29, 0.717) is 13.1 Å². The molecular formula is C23H29N4O2+. The zero-order chi connectivity index (χ0) is 20.8. The number of benzene rings is 2. The Morgan fingerprint density at radius 3 is 2.45 bits per heavy atom. The zero-order valence-electron chi connectivity index (χ0n) is 17.5. The molecule has 1 atom stereocenters. The molecule has 2 aromatic carbocycles. The fourth-order valence-electron chi connectivity index (χ4n) is 3.28. The van der Waals surface area contributed by atoms with Crippen molar-refractivity contribution in [3.63, 3.8) is 0 Å². The molecule has 0 fully saturated rings. The van der Waals surface area contributed by atoms with Crippen LogP contribution < -0.4 is 15.0 Å². The van der Waals surface area contributed by atoms with Crippen molar-refractivity contribution in [2.24, 2.45) is 0 Å².